The van der Waals surface area contributed by atoms with Crippen molar-refractivity contribution in [2.24, 2.45) is 7.05 Å². The van der Waals surface area contributed by atoms with Crippen LogP contribution in [-0.4, -0.2) is 37.8 Å². The Bertz CT molecular complexity index is 352. The van der Waals surface area contributed by atoms with E-state index >= 15 is 0 Å². The zero-order chi connectivity index (χ0) is 13.1. The number of aromatic nitrogens is 3. The summed E-state index contributed by atoms with van der Waals surface area (Å²) in [6, 6.07) is 0. The Balaban J connectivity index is 2.41. The van der Waals surface area contributed by atoms with Crippen molar-refractivity contribution in [2.45, 2.75) is 51.7 Å². The maximum atomic E-state index is 10.3. The van der Waals surface area contributed by atoms with E-state index in [0.29, 0.717) is 12.8 Å². The lowest BCUT2D eigenvalue weighted by Gasteiger charge is -2.26. The molecular formula is C12H24N4O. The van der Waals surface area contributed by atoms with Crippen molar-refractivity contribution in [1.82, 2.24) is 20.3 Å². The molecule has 98 valence electrons. The van der Waals surface area contributed by atoms with E-state index in [9.17, 15) is 5.11 Å². The number of aliphatic hydroxyl groups is 1. The van der Waals surface area contributed by atoms with E-state index in [0.717, 1.165) is 12.2 Å². The first kappa shape index (κ1) is 14.1. The summed E-state index contributed by atoms with van der Waals surface area (Å²) >= 11 is 0. The molecule has 0 radical (unpaired) electrons. The van der Waals surface area contributed by atoms with Crippen LogP contribution in [0, 0.1) is 0 Å². The molecule has 1 unspecified atom stereocenters. The van der Waals surface area contributed by atoms with Crippen LogP contribution in [0.3, 0.4) is 0 Å². The summed E-state index contributed by atoms with van der Waals surface area (Å²) in [6.45, 7) is 8.97. The van der Waals surface area contributed by atoms with Crippen molar-refractivity contribution in [3.8, 4) is 0 Å². The Kier molecular flexibility index (Phi) is 4.27. The molecule has 1 rings (SSSR count). The van der Waals surface area contributed by atoms with Crippen molar-refractivity contribution in [3.05, 3.63) is 11.9 Å². The molecule has 0 aromatic carbocycles. The molecule has 1 heterocycles. The minimum absolute atomic E-state index is 0.0859. The van der Waals surface area contributed by atoms with Gasteiger partial charge in [-0.15, -0.1) is 5.10 Å². The highest BCUT2D eigenvalue weighted by Gasteiger charge is 2.23. The molecule has 0 saturated heterocycles. The average Bonchev–Trinajstić information content (AvgIpc) is 2.47. The van der Waals surface area contributed by atoms with Crippen LogP contribution in [0.5, 0.6) is 0 Å². The first-order chi connectivity index (χ1) is 7.68. The molecule has 0 aliphatic rings. The Morgan fingerprint density at radius 3 is 2.47 bits per heavy atom. The summed E-state index contributed by atoms with van der Waals surface area (Å²) in [6.07, 6.45) is 3.07. The largest absolute Gasteiger partial charge is 0.390 e. The van der Waals surface area contributed by atoms with Gasteiger partial charge < -0.3 is 10.4 Å². The Morgan fingerprint density at radius 1 is 1.35 bits per heavy atom. The van der Waals surface area contributed by atoms with Gasteiger partial charge in [-0.05, 0) is 40.7 Å². The zero-order valence-electron chi connectivity index (χ0n) is 11.5. The first-order valence-electron chi connectivity index (χ1n) is 6.01. The van der Waals surface area contributed by atoms with Gasteiger partial charge in [0.25, 0.3) is 0 Å². The van der Waals surface area contributed by atoms with Crippen LogP contribution in [0.25, 0.3) is 0 Å². The van der Waals surface area contributed by atoms with Crippen LogP contribution in [-0.2, 0) is 13.5 Å². The smallest absolute Gasteiger partial charge is 0.0855 e. The molecule has 0 bridgehead atoms. The topological polar surface area (TPSA) is 63.0 Å². The van der Waals surface area contributed by atoms with Crippen LogP contribution in [0.1, 0.15) is 39.8 Å². The van der Waals surface area contributed by atoms with E-state index in [4.69, 9.17) is 0 Å². The van der Waals surface area contributed by atoms with Gasteiger partial charge in [0.1, 0.15) is 0 Å². The van der Waals surface area contributed by atoms with Gasteiger partial charge in [0, 0.05) is 25.2 Å². The molecule has 0 aliphatic heterocycles. The second-order valence-electron chi connectivity index (χ2n) is 5.98. The second-order valence-corrected chi connectivity index (χ2v) is 5.98. The first-order valence-corrected chi connectivity index (χ1v) is 6.01. The lowest BCUT2D eigenvalue weighted by molar-refractivity contribution is 0.0490. The molecule has 1 atom stereocenters. The number of hydrogen-bond donors (Lipinski definition) is 2. The Morgan fingerprint density at radius 2 is 2.00 bits per heavy atom. The fourth-order valence-electron chi connectivity index (χ4n) is 1.66. The van der Waals surface area contributed by atoms with Crippen molar-refractivity contribution >= 4 is 0 Å². The van der Waals surface area contributed by atoms with Gasteiger partial charge in [0.05, 0.1) is 11.3 Å². The maximum Gasteiger partial charge on any atom is 0.0855 e. The normalized spacial score (nSPS) is 15.9. The molecule has 0 amide bonds. The molecule has 1 aromatic rings. The number of hydrogen-bond acceptors (Lipinski definition) is 4. The van der Waals surface area contributed by atoms with Crippen molar-refractivity contribution in [1.29, 1.82) is 0 Å². The summed E-state index contributed by atoms with van der Waals surface area (Å²) < 4.78 is 1.65. The summed E-state index contributed by atoms with van der Waals surface area (Å²) in [7, 11) is 1.83. The van der Waals surface area contributed by atoms with Gasteiger partial charge >= 0.3 is 0 Å². The second kappa shape index (κ2) is 5.14. The fraction of sp³-hybridized carbons (Fsp3) is 0.833. The number of aryl methyl sites for hydroxylation is 1. The van der Waals surface area contributed by atoms with Gasteiger partial charge in [0.2, 0.25) is 0 Å². The van der Waals surface area contributed by atoms with Gasteiger partial charge in [-0.3, -0.25) is 4.68 Å². The van der Waals surface area contributed by atoms with E-state index in [1.54, 1.807) is 4.68 Å². The molecule has 0 aliphatic carbocycles. The lowest BCUT2D eigenvalue weighted by Crippen LogP contribution is -2.40. The number of nitrogens with zero attached hydrogens (tertiary/aromatic N) is 3. The van der Waals surface area contributed by atoms with E-state index in [1.165, 1.54) is 0 Å². The van der Waals surface area contributed by atoms with Crippen LogP contribution in [0.15, 0.2) is 6.20 Å². The molecular weight excluding hydrogens is 216 g/mol. The molecule has 0 fully saturated rings. The van der Waals surface area contributed by atoms with Gasteiger partial charge in [-0.2, -0.15) is 0 Å². The van der Waals surface area contributed by atoms with Crippen molar-refractivity contribution in [2.75, 3.05) is 6.54 Å². The monoisotopic (exact) mass is 240 g/mol. The molecule has 17 heavy (non-hydrogen) atoms. The van der Waals surface area contributed by atoms with E-state index < -0.39 is 5.60 Å². The Labute approximate surface area is 103 Å². The molecule has 1 aromatic heterocycles. The SMILES string of the molecule is Cn1cc(CC(C)(O)CCNC(C)(C)C)nn1. The predicted molar refractivity (Wildman–Crippen MR) is 67.7 cm³/mol. The van der Waals surface area contributed by atoms with E-state index in [-0.39, 0.29) is 5.54 Å². The standard InChI is InChI=1S/C12H24N4O/c1-11(2,3)13-7-6-12(4,17)8-10-9-16(5)15-14-10/h9,13,17H,6-8H2,1-5H3. The fourth-order valence-corrected chi connectivity index (χ4v) is 1.66. The summed E-state index contributed by atoms with van der Waals surface area (Å²) in [5.74, 6) is 0. The summed E-state index contributed by atoms with van der Waals surface area (Å²) in [5, 5.41) is 21.5. The minimum atomic E-state index is -0.742. The van der Waals surface area contributed by atoms with Crippen molar-refractivity contribution in [3.63, 3.8) is 0 Å². The highest BCUT2D eigenvalue weighted by molar-refractivity contribution is 4.98. The quantitative estimate of drug-likeness (QED) is 0.802. The van der Waals surface area contributed by atoms with Crippen LogP contribution in [0.4, 0.5) is 0 Å². The maximum absolute atomic E-state index is 10.3. The zero-order valence-corrected chi connectivity index (χ0v) is 11.5. The third kappa shape index (κ3) is 5.79. The third-order valence-electron chi connectivity index (χ3n) is 2.53. The van der Waals surface area contributed by atoms with Crippen LogP contribution >= 0.6 is 0 Å². The van der Waals surface area contributed by atoms with Gasteiger partial charge in [0.15, 0.2) is 0 Å². The molecule has 5 heteroatoms. The summed E-state index contributed by atoms with van der Waals surface area (Å²) in [4.78, 5) is 0. The van der Waals surface area contributed by atoms with Gasteiger partial charge in [-0.1, -0.05) is 5.21 Å². The number of rotatable bonds is 5. The van der Waals surface area contributed by atoms with E-state index in [2.05, 4.69) is 36.4 Å². The predicted octanol–water partition coefficient (Wildman–Crippen LogP) is 0.887. The Hall–Kier alpha value is -0.940. The molecule has 0 spiro atoms. The molecule has 0 saturated carbocycles. The summed E-state index contributed by atoms with van der Waals surface area (Å²) in [5.41, 5.74) is 0.171. The lowest BCUT2D eigenvalue weighted by atomic mass is 9.96. The minimum Gasteiger partial charge on any atom is -0.390 e. The van der Waals surface area contributed by atoms with Crippen molar-refractivity contribution < 1.29 is 5.11 Å². The highest BCUT2D eigenvalue weighted by Crippen LogP contribution is 2.15. The van der Waals surface area contributed by atoms with E-state index in [1.807, 2.05) is 20.2 Å². The highest BCUT2D eigenvalue weighted by atomic mass is 16.3. The third-order valence-corrected chi connectivity index (χ3v) is 2.53. The molecule has 2 N–H and O–H groups in total. The van der Waals surface area contributed by atoms with Gasteiger partial charge in [-0.25, -0.2) is 0 Å². The number of nitrogens with one attached hydrogen (secondary N) is 1. The van der Waals surface area contributed by atoms with Crippen LogP contribution in [0.2, 0.25) is 0 Å². The molecule has 5 nitrogen and oxygen atoms in total. The van der Waals surface area contributed by atoms with Crippen LogP contribution < -0.4 is 5.32 Å². The average molecular weight is 240 g/mol.